The maximum absolute atomic E-state index is 2.31. The second-order valence-electron chi connectivity index (χ2n) is 17.9. The standard InChI is InChI=1S/C52H106S2/c1-3-5-7-9-11-13-15-17-19-21-23-25-27-29-31-33-35-37-39-41-43-45-47-49-51-53-54-52-50-48-46-44-42-40-38-36-34-32-30-28-26-24-22-20-18-16-14-12-10-8-6-4-2/h3-52H2,1-2H3. The van der Waals surface area contributed by atoms with Crippen LogP contribution in [0, 0.1) is 0 Å². The molecule has 0 nitrogen and oxygen atoms in total. The van der Waals surface area contributed by atoms with Gasteiger partial charge in [0.1, 0.15) is 0 Å². The van der Waals surface area contributed by atoms with Crippen LogP contribution in [0.4, 0.5) is 0 Å². The minimum atomic E-state index is 1.37. The molecule has 0 aliphatic heterocycles. The van der Waals surface area contributed by atoms with E-state index in [0.717, 1.165) is 0 Å². The molecule has 0 amide bonds. The molecular weight excluding hydrogens is 689 g/mol. The van der Waals surface area contributed by atoms with Crippen LogP contribution in [0.3, 0.4) is 0 Å². The maximum atomic E-state index is 2.31. The first-order valence-electron chi connectivity index (χ1n) is 26.2. The number of unbranched alkanes of at least 4 members (excludes halogenated alkanes) is 46. The molecular formula is C52H106S2. The van der Waals surface area contributed by atoms with Crippen molar-refractivity contribution < 1.29 is 0 Å². The highest BCUT2D eigenvalue weighted by molar-refractivity contribution is 8.76. The summed E-state index contributed by atoms with van der Waals surface area (Å²) in [6.45, 7) is 4.62. The molecule has 0 aromatic heterocycles. The molecule has 0 saturated heterocycles. The third kappa shape index (κ3) is 52.7. The maximum Gasteiger partial charge on any atom is 0.00369 e. The van der Waals surface area contributed by atoms with Gasteiger partial charge in [0, 0.05) is 11.5 Å². The zero-order valence-corrected chi connectivity index (χ0v) is 39.8. The van der Waals surface area contributed by atoms with Gasteiger partial charge in [0.25, 0.3) is 0 Å². The molecule has 0 fully saturated rings. The Hall–Kier alpha value is 0.700. The van der Waals surface area contributed by atoms with Crippen LogP contribution in [0.1, 0.15) is 322 Å². The Balaban J connectivity index is 3.05. The summed E-state index contributed by atoms with van der Waals surface area (Å²) in [5, 5.41) is 0. The van der Waals surface area contributed by atoms with E-state index in [1.165, 1.54) is 320 Å². The highest BCUT2D eigenvalue weighted by Gasteiger charge is 1.99. The second kappa shape index (κ2) is 53.7. The van der Waals surface area contributed by atoms with Crippen LogP contribution in [0.5, 0.6) is 0 Å². The second-order valence-corrected chi connectivity index (χ2v) is 20.6. The smallest absolute Gasteiger partial charge is 0.00369 e. The van der Waals surface area contributed by atoms with Gasteiger partial charge in [-0.1, -0.05) is 331 Å². The van der Waals surface area contributed by atoms with Crippen molar-refractivity contribution in [3.05, 3.63) is 0 Å². The SMILES string of the molecule is CCCCCCCCCCCCCCCCCCCCCCCCCCSSCCCCCCCCCCCCCCCCCCCCCCCCCC. The third-order valence-electron chi connectivity index (χ3n) is 12.2. The van der Waals surface area contributed by atoms with Gasteiger partial charge in [-0.3, -0.25) is 0 Å². The molecule has 0 unspecified atom stereocenters. The number of hydrogen-bond acceptors (Lipinski definition) is 2. The van der Waals surface area contributed by atoms with Gasteiger partial charge in [0.05, 0.1) is 0 Å². The van der Waals surface area contributed by atoms with Crippen molar-refractivity contribution >= 4 is 21.6 Å². The van der Waals surface area contributed by atoms with Crippen molar-refractivity contribution in [1.29, 1.82) is 0 Å². The van der Waals surface area contributed by atoms with Crippen LogP contribution >= 0.6 is 21.6 Å². The van der Waals surface area contributed by atoms with Crippen molar-refractivity contribution in [2.45, 2.75) is 322 Å². The van der Waals surface area contributed by atoms with Gasteiger partial charge < -0.3 is 0 Å². The Morgan fingerprint density at radius 1 is 0.148 bits per heavy atom. The van der Waals surface area contributed by atoms with E-state index in [9.17, 15) is 0 Å². The van der Waals surface area contributed by atoms with E-state index in [-0.39, 0.29) is 0 Å². The van der Waals surface area contributed by atoms with Crippen molar-refractivity contribution in [3.63, 3.8) is 0 Å². The van der Waals surface area contributed by atoms with Gasteiger partial charge in [-0.15, -0.1) is 0 Å². The molecule has 0 rings (SSSR count). The molecule has 0 radical (unpaired) electrons. The highest BCUT2D eigenvalue weighted by atomic mass is 33.1. The summed E-state index contributed by atoms with van der Waals surface area (Å²) in [5.41, 5.74) is 0. The lowest BCUT2D eigenvalue weighted by Crippen LogP contribution is -1.85. The topological polar surface area (TPSA) is 0 Å². The van der Waals surface area contributed by atoms with Gasteiger partial charge in [-0.2, -0.15) is 0 Å². The van der Waals surface area contributed by atoms with Crippen molar-refractivity contribution in [3.8, 4) is 0 Å². The lowest BCUT2D eigenvalue weighted by molar-refractivity contribution is 0.518. The highest BCUT2D eigenvalue weighted by Crippen LogP contribution is 2.25. The van der Waals surface area contributed by atoms with Gasteiger partial charge in [0.2, 0.25) is 0 Å². The van der Waals surface area contributed by atoms with Crippen molar-refractivity contribution in [2.75, 3.05) is 11.5 Å². The lowest BCUT2D eigenvalue weighted by atomic mass is 10.0. The van der Waals surface area contributed by atoms with Crippen molar-refractivity contribution in [2.24, 2.45) is 0 Å². The summed E-state index contributed by atoms with van der Waals surface area (Å²) in [4.78, 5) is 0. The van der Waals surface area contributed by atoms with Crippen LogP contribution in [-0.2, 0) is 0 Å². The fourth-order valence-corrected chi connectivity index (χ4v) is 10.7. The predicted molar refractivity (Wildman–Crippen MR) is 258 cm³/mol. The molecule has 326 valence electrons. The molecule has 0 aromatic carbocycles. The summed E-state index contributed by atoms with van der Waals surface area (Å²) in [5.74, 6) is 2.76. The van der Waals surface area contributed by atoms with E-state index in [2.05, 4.69) is 35.4 Å². The van der Waals surface area contributed by atoms with E-state index < -0.39 is 0 Å². The molecule has 0 atom stereocenters. The molecule has 0 heterocycles. The fraction of sp³-hybridized carbons (Fsp3) is 1.00. The summed E-state index contributed by atoms with van der Waals surface area (Å²) in [7, 11) is 4.31. The van der Waals surface area contributed by atoms with Gasteiger partial charge in [0.15, 0.2) is 0 Å². The number of hydrogen-bond donors (Lipinski definition) is 0. The summed E-state index contributed by atoms with van der Waals surface area (Å²) in [6, 6.07) is 0. The molecule has 0 aliphatic rings. The van der Waals surface area contributed by atoms with E-state index in [4.69, 9.17) is 0 Å². The monoisotopic (exact) mass is 795 g/mol. The average molecular weight is 796 g/mol. The van der Waals surface area contributed by atoms with E-state index >= 15 is 0 Å². The quantitative estimate of drug-likeness (QED) is 0.0444. The zero-order chi connectivity index (χ0) is 38.8. The first kappa shape index (κ1) is 54.7. The van der Waals surface area contributed by atoms with Gasteiger partial charge in [-0.05, 0) is 12.8 Å². The first-order valence-corrected chi connectivity index (χ1v) is 28.6. The lowest BCUT2D eigenvalue weighted by Gasteiger charge is -2.05. The Kier molecular flexibility index (Phi) is 54.4. The molecule has 2 heteroatoms. The Morgan fingerprint density at radius 3 is 0.389 bits per heavy atom. The van der Waals surface area contributed by atoms with E-state index in [1.807, 2.05) is 0 Å². The Bertz CT molecular complexity index is 553. The zero-order valence-electron chi connectivity index (χ0n) is 38.2. The Morgan fingerprint density at radius 2 is 0.259 bits per heavy atom. The molecule has 0 aromatic rings. The number of rotatable bonds is 51. The van der Waals surface area contributed by atoms with E-state index in [0.29, 0.717) is 0 Å². The molecule has 0 saturated carbocycles. The summed E-state index contributed by atoms with van der Waals surface area (Å²) >= 11 is 0. The van der Waals surface area contributed by atoms with Crippen LogP contribution in [-0.4, -0.2) is 11.5 Å². The van der Waals surface area contributed by atoms with Gasteiger partial charge in [-0.25, -0.2) is 0 Å². The predicted octanol–water partition coefficient (Wildman–Crippen LogP) is 21.1. The largest absolute Gasteiger partial charge is 0.0942 e. The minimum Gasteiger partial charge on any atom is -0.0942 e. The normalized spacial score (nSPS) is 11.7. The van der Waals surface area contributed by atoms with Crippen LogP contribution in [0.15, 0.2) is 0 Å². The van der Waals surface area contributed by atoms with Crippen LogP contribution < -0.4 is 0 Å². The summed E-state index contributed by atoms with van der Waals surface area (Å²) < 4.78 is 0. The van der Waals surface area contributed by atoms with Crippen molar-refractivity contribution in [1.82, 2.24) is 0 Å². The van der Waals surface area contributed by atoms with Gasteiger partial charge >= 0.3 is 0 Å². The Labute approximate surface area is 353 Å². The van der Waals surface area contributed by atoms with E-state index in [1.54, 1.807) is 0 Å². The molecule has 0 bridgehead atoms. The molecule has 0 N–H and O–H groups in total. The first-order chi connectivity index (χ1) is 26.9. The van der Waals surface area contributed by atoms with Crippen LogP contribution in [0.25, 0.3) is 0 Å². The van der Waals surface area contributed by atoms with Crippen LogP contribution in [0.2, 0.25) is 0 Å². The molecule has 0 spiro atoms. The average Bonchev–Trinajstić information content (AvgIpc) is 3.18. The third-order valence-corrected chi connectivity index (χ3v) is 14.8. The fourth-order valence-electron chi connectivity index (χ4n) is 8.36. The molecule has 54 heavy (non-hydrogen) atoms. The summed E-state index contributed by atoms with van der Waals surface area (Å²) in [6.07, 6.45) is 71.0. The minimum absolute atomic E-state index is 1.37. The molecule has 0 aliphatic carbocycles.